The van der Waals surface area contributed by atoms with Crippen LogP contribution in [0.1, 0.15) is 128 Å². The second-order valence-corrected chi connectivity index (χ2v) is 21.6. The monoisotopic (exact) mass is 1050 g/mol. The molecule has 0 aliphatic heterocycles. The van der Waals surface area contributed by atoms with Gasteiger partial charge in [-0.3, -0.25) is 43.6 Å². The van der Waals surface area contributed by atoms with Crippen molar-refractivity contribution in [1.29, 1.82) is 0 Å². The van der Waals surface area contributed by atoms with Crippen molar-refractivity contribution in [3.8, 4) is 11.1 Å². The number of benzene rings is 2. The third-order valence-corrected chi connectivity index (χ3v) is 13.5. The molecule has 410 valence electrons. The molecule has 16 nitrogen and oxygen atoms in total. The summed E-state index contributed by atoms with van der Waals surface area (Å²) in [7, 11) is 5.76. The molecular weight excluding hydrogens is 973 g/mol. The summed E-state index contributed by atoms with van der Waals surface area (Å²) < 4.78 is 2.81. The zero-order chi connectivity index (χ0) is 56.8. The molecule has 3 aromatic heterocycles. The first-order valence-corrected chi connectivity index (χ1v) is 26.1. The zero-order valence-electron chi connectivity index (χ0n) is 46.9. The number of nitrogens with zero attached hydrogens (tertiary/aromatic N) is 6. The molecular formula is C61H78N8O8. The highest BCUT2D eigenvalue weighted by atomic mass is 16.4. The molecule has 5 rings (SSSR count). The quantitative estimate of drug-likeness (QED) is 0.0384. The van der Waals surface area contributed by atoms with Crippen molar-refractivity contribution < 1.29 is 29.4 Å². The first-order valence-electron chi connectivity index (χ1n) is 26.1. The molecule has 4 atom stereocenters. The topological polar surface area (TPSA) is 209 Å². The van der Waals surface area contributed by atoms with Crippen LogP contribution in [-0.2, 0) is 38.8 Å². The smallest absolute Gasteiger partial charge is 0.305 e. The van der Waals surface area contributed by atoms with E-state index >= 15 is 0 Å². The maximum absolute atomic E-state index is 14.1. The number of rotatable bonds is 26. The van der Waals surface area contributed by atoms with Gasteiger partial charge in [-0.1, -0.05) is 64.6 Å². The molecule has 2 aromatic carbocycles. The van der Waals surface area contributed by atoms with E-state index in [1.807, 2.05) is 131 Å². The summed E-state index contributed by atoms with van der Waals surface area (Å²) in [6, 6.07) is 14.9. The van der Waals surface area contributed by atoms with Crippen molar-refractivity contribution in [2.45, 2.75) is 132 Å². The van der Waals surface area contributed by atoms with Gasteiger partial charge in [0.1, 0.15) is 12.1 Å². The SMILES string of the molecule is C=C(/C=N\C=C(/C)c1c(C)cccc1C)[C@H](CC(=O)O)NC(=O)[C@@H](CC(C)C)n1ccc(CN(C)Cc2ccc(C)c(-c3cncc([C@H](CC(=O)O)NC(=O)[C@H](CC(C)C)n4ccc(CN(C)C)cc4=O)c3)c2C)cc1=O. The lowest BCUT2D eigenvalue weighted by Gasteiger charge is -2.25. The van der Waals surface area contributed by atoms with Gasteiger partial charge >= 0.3 is 11.9 Å². The summed E-state index contributed by atoms with van der Waals surface area (Å²) in [5.74, 6) is -3.15. The lowest BCUT2D eigenvalue weighted by molar-refractivity contribution is -0.139. The Kier molecular flexibility index (Phi) is 21.5. The van der Waals surface area contributed by atoms with Crippen molar-refractivity contribution in [1.82, 2.24) is 34.6 Å². The third-order valence-electron chi connectivity index (χ3n) is 13.5. The molecule has 2 amide bonds. The fourth-order valence-electron chi connectivity index (χ4n) is 9.92. The van der Waals surface area contributed by atoms with Gasteiger partial charge in [0.15, 0.2) is 0 Å². The number of pyridine rings is 3. The molecule has 0 spiro atoms. The number of aliphatic imine (C=N–C) groups is 1. The molecule has 0 bridgehead atoms. The van der Waals surface area contributed by atoms with Crippen molar-refractivity contribution >= 4 is 35.5 Å². The van der Waals surface area contributed by atoms with Crippen LogP contribution in [0.25, 0.3) is 16.7 Å². The average Bonchev–Trinajstić information content (AvgIpc) is 3.33. The average molecular weight is 1050 g/mol. The molecule has 3 heterocycles. The Hall–Kier alpha value is -7.56. The van der Waals surface area contributed by atoms with Crippen LogP contribution in [0, 0.1) is 39.5 Å². The number of nitrogens with one attached hydrogen (secondary N) is 2. The van der Waals surface area contributed by atoms with Crippen LogP contribution >= 0.6 is 0 Å². The summed E-state index contributed by atoms with van der Waals surface area (Å²) >= 11 is 0. The Morgan fingerprint density at radius 1 is 0.727 bits per heavy atom. The summed E-state index contributed by atoms with van der Waals surface area (Å²) in [5, 5.41) is 25.7. The number of hydrogen-bond acceptors (Lipinski definition) is 10. The van der Waals surface area contributed by atoms with Gasteiger partial charge < -0.3 is 34.9 Å². The molecule has 77 heavy (non-hydrogen) atoms. The fourth-order valence-corrected chi connectivity index (χ4v) is 9.92. The maximum atomic E-state index is 14.1. The van der Waals surface area contributed by atoms with Crippen LogP contribution in [0.2, 0.25) is 0 Å². The standard InChI is InChI=1S/C61H78N8O8/c1-37(2)23-52(60(76)64-50(28-56(72)73)42(8)30-62-31-43(9)58-39(5)15-14-16-40(58)6)69-22-20-46(26-55(69)71)35-67(13)36-47-18-17-41(7)59(44(47)10)49-27-48(32-63-33-49)51(29-57(74)75)65-61(77)53(24-38(3)4)68-21-19-45(25-54(68)70)34-66(11)12/h14-22,25-27,30-33,37-38,50-53H,8,23-24,28-29,34-36H2,1-7,9-13H3,(H,64,76)(H,65,77)(H,72,73)(H,74,75)/b43-31+,62-30-/t50-,51-,52+,53-/m0/s1. The normalized spacial score (nSPS) is 13.5. The molecule has 0 unspecified atom stereocenters. The fraction of sp³-hybridized carbons (Fsp3) is 0.410. The van der Waals surface area contributed by atoms with Crippen LogP contribution in [0.4, 0.5) is 0 Å². The minimum absolute atomic E-state index is 0.0139. The molecule has 0 saturated heterocycles. The Morgan fingerprint density at radius 2 is 1.29 bits per heavy atom. The van der Waals surface area contributed by atoms with Crippen molar-refractivity contribution in [3.63, 3.8) is 0 Å². The van der Waals surface area contributed by atoms with Crippen LogP contribution < -0.4 is 21.8 Å². The third kappa shape index (κ3) is 17.0. The number of aromatic nitrogens is 3. The van der Waals surface area contributed by atoms with E-state index in [1.54, 1.807) is 31.0 Å². The van der Waals surface area contributed by atoms with Gasteiger partial charge in [0.25, 0.3) is 11.1 Å². The molecule has 4 N–H and O–H groups in total. The number of carbonyl (C=O) groups is 4. The highest BCUT2D eigenvalue weighted by molar-refractivity contribution is 5.87. The van der Waals surface area contributed by atoms with Crippen LogP contribution in [0.5, 0.6) is 0 Å². The highest BCUT2D eigenvalue weighted by Crippen LogP contribution is 2.33. The molecule has 0 fully saturated rings. The van der Waals surface area contributed by atoms with E-state index in [4.69, 9.17) is 0 Å². The zero-order valence-corrected chi connectivity index (χ0v) is 46.9. The van der Waals surface area contributed by atoms with Gasteiger partial charge in [0, 0.05) is 74.5 Å². The van der Waals surface area contributed by atoms with E-state index in [0.29, 0.717) is 43.6 Å². The number of amides is 2. The number of carboxylic acid groups (broad SMARTS) is 2. The predicted octanol–water partition coefficient (Wildman–Crippen LogP) is 9.15. The second kappa shape index (κ2) is 27.5. The number of allylic oxidation sites excluding steroid dienone is 1. The first kappa shape index (κ1) is 60.3. The van der Waals surface area contributed by atoms with Gasteiger partial charge in [-0.2, -0.15) is 0 Å². The van der Waals surface area contributed by atoms with E-state index in [2.05, 4.69) is 38.2 Å². The van der Waals surface area contributed by atoms with E-state index in [9.17, 15) is 39.0 Å². The van der Waals surface area contributed by atoms with Crippen LogP contribution in [0.3, 0.4) is 0 Å². The van der Waals surface area contributed by atoms with E-state index in [-0.39, 0.29) is 23.0 Å². The van der Waals surface area contributed by atoms with Crippen LogP contribution in [-0.4, -0.2) is 91.3 Å². The lowest BCUT2D eigenvalue weighted by atomic mass is 9.91. The lowest BCUT2D eigenvalue weighted by Crippen LogP contribution is -2.44. The number of carboxylic acids is 2. The maximum Gasteiger partial charge on any atom is 0.305 e. The molecule has 0 radical (unpaired) electrons. The van der Waals surface area contributed by atoms with Gasteiger partial charge in [-0.15, -0.1) is 0 Å². The highest BCUT2D eigenvalue weighted by Gasteiger charge is 2.29. The Balaban J connectivity index is 1.33. The van der Waals surface area contributed by atoms with E-state index < -0.39 is 60.8 Å². The first-order chi connectivity index (χ1) is 36.3. The summed E-state index contributed by atoms with van der Waals surface area (Å²) in [6.07, 6.45) is 9.51. The van der Waals surface area contributed by atoms with E-state index in [1.165, 1.54) is 27.5 Å². The van der Waals surface area contributed by atoms with E-state index in [0.717, 1.165) is 61.2 Å². The minimum atomic E-state index is -1.13. The number of carbonyl (C=O) groups excluding carboxylic acids is 2. The Bertz CT molecular complexity index is 3110. The summed E-state index contributed by atoms with van der Waals surface area (Å²) in [5.41, 5.74) is 10.4. The number of aryl methyl sites for hydroxylation is 3. The predicted molar refractivity (Wildman–Crippen MR) is 305 cm³/mol. The Labute approximate surface area is 453 Å². The van der Waals surface area contributed by atoms with Gasteiger partial charge in [-0.25, -0.2) is 0 Å². The van der Waals surface area contributed by atoms with Crippen LogP contribution in [0.15, 0.2) is 118 Å². The van der Waals surface area contributed by atoms with Gasteiger partial charge in [-0.05, 0) is 165 Å². The summed E-state index contributed by atoms with van der Waals surface area (Å²) in [4.78, 5) is 92.8. The molecule has 0 aliphatic rings. The van der Waals surface area contributed by atoms with Crippen molar-refractivity contribution in [3.05, 3.63) is 175 Å². The molecule has 0 saturated carbocycles. The number of hydrogen-bond donors (Lipinski definition) is 4. The molecule has 0 aliphatic carbocycles. The second-order valence-electron chi connectivity index (χ2n) is 21.6. The molecule has 16 heteroatoms. The summed E-state index contributed by atoms with van der Waals surface area (Å²) in [6.45, 7) is 23.3. The van der Waals surface area contributed by atoms with Crippen molar-refractivity contribution in [2.75, 3.05) is 21.1 Å². The molecule has 5 aromatic rings. The largest absolute Gasteiger partial charge is 0.481 e. The van der Waals surface area contributed by atoms with Crippen molar-refractivity contribution in [2.24, 2.45) is 16.8 Å². The van der Waals surface area contributed by atoms with Gasteiger partial charge in [0.2, 0.25) is 11.8 Å². The minimum Gasteiger partial charge on any atom is -0.481 e. The number of aliphatic carboxylic acids is 2. The Morgan fingerprint density at radius 3 is 1.82 bits per heavy atom. The van der Waals surface area contributed by atoms with Gasteiger partial charge in [0.05, 0.1) is 24.9 Å².